The lowest BCUT2D eigenvalue weighted by Crippen LogP contribution is -2.31. The monoisotopic (exact) mass is 383 g/mol. The predicted molar refractivity (Wildman–Crippen MR) is 111 cm³/mol. The molecule has 0 N–H and O–H groups in total. The maximum absolute atomic E-state index is 14.8. The Morgan fingerprint density at radius 3 is 2.74 bits per heavy atom. The van der Waals surface area contributed by atoms with Crippen molar-refractivity contribution >= 4 is 17.5 Å². The summed E-state index contributed by atoms with van der Waals surface area (Å²) in [4.78, 5) is 0. The van der Waals surface area contributed by atoms with Gasteiger partial charge in [-0.1, -0.05) is 60.5 Å². The zero-order valence-corrected chi connectivity index (χ0v) is 16.6. The molecule has 1 saturated heterocycles. The van der Waals surface area contributed by atoms with Crippen LogP contribution < -0.4 is 0 Å². The van der Waals surface area contributed by atoms with Crippen molar-refractivity contribution in [2.45, 2.75) is 44.0 Å². The largest absolute Gasteiger partial charge is 0.377 e. The van der Waals surface area contributed by atoms with Crippen LogP contribution in [0.25, 0.3) is 5.57 Å². The zero-order chi connectivity index (χ0) is 18.6. The van der Waals surface area contributed by atoms with Gasteiger partial charge >= 0.3 is 0 Å². The molecule has 27 heavy (non-hydrogen) atoms. The van der Waals surface area contributed by atoms with E-state index in [-0.39, 0.29) is 5.82 Å². The van der Waals surface area contributed by atoms with Crippen LogP contribution in [0.4, 0.5) is 4.39 Å². The molecule has 142 valence electrons. The number of hydrogen-bond donors (Lipinski definition) is 0. The lowest BCUT2D eigenvalue weighted by molar-refractivity contribution is 0.161. The summed E-state index contributed by atoms with van der Waals surface area (Å²) in [6.07, 6.45) is 5.23. The van der Waals surface area contributed by atoms with Crippen LogP contribution in [0.2, 0.25) is 0 Å². The van der Waals surface area contributed by atoms with Gasteiger partial charge in [0.15, 0.2) is 0 Å². The molecule has 0 amide bonds. The number of halogens is 1. The lowest BCUT2D eigenvalue weighted by Gasteiger charge is -2.37. The summed E-state index contributed by atoms with van der Waals surface area (Å²) < 4.78 is 22.5. The number of nitrogens with zero attached hydrogens (tertiary/aromatic N) is 1. The highest BCUT2D eigenvalue weighted by Gasteiger charge is 2.28. The van der Waals surface area contributed by atoms with Crippen molar-refractivity contribution in [2.24, 2.45) is 0 Å². The summed E-state index contributed by atoms with van der Waals surface area (Å²) in [5, 5.41) is 0.456. The standard InChI is InChI=1S/C23H26FNOS/c1-17-7-10-23(19-5-3-2-4-6-19)27-25(17)16-21-9-8-20(15-22(21)24)18-11-13-26-14-12-18/h2-6,8-9,11,15,17,23H,7,10,12-14,16H2,1H3/t17-,23+/m0/s1. The highest BCUT2D eigenvalue weighted by Crippen LogP contribution is 2.43. The van der Waals surface area contributed by atoms with Gasteiger partial charge in [0, 0.05) is 23.4 Å². The summed E-state index contributed by atoms with van der Waals surface area (Å²) >= 11 is 1.87. The molecule has 4 rings (SSSR count). The smallest absolute Gasteiger partial charge is 0.128 e. The first-order chi connectivity index (χ1) is 13.2. The highest BCUT2D eigenvalue weighted by atomic mass is 32.2. The zero-order valence-electron chi connectivity index (χ0n) is 15.7. The third-order valence-electron chi connectivity index (χ3n) is 5.49. The molecule has 0 unspecified atom stereocenters. The molecular weight excluding hydrogens is 357 g/mol. The van der Waals surface area contributed by atoms with Crippen LogP contribution in [0.3, 0.4) is 0 Å². The van der Waals surface area contributed by atoms with Gasteiger partial charge in [-0.3, -0.25) is 0 Å². The molecule has 0 bridgehead atoms. The molecule has 1 fully saturated rings. The minimum atomic E-state index is -0.102. The van der Waals surface area contributed by atoms with Crippen molar-refractivity contribution in [3.8, 4) is 0 Å². The Morgan fingerprint density at radius 2 is 2.00 bits per heavy atom. The van der Waals surface area contributed by atoms with Crippen LogP contribution in [0, 0.1) is 5.82 Å². The topological polar surface area (TPSA) is 12.5 Å². The van der Waals surface area contributed by atoms with Gasteiger partial charge in [-0.25, -0.2) is 8.70 Å². The number of hydrogen-bond acceptors (Lipinski definition) is 3. The maximum Gasteiger partial charge on any atom is 0.128 e. The van der Waals surface area contributed by atoms with E-state index in [0.717, 1.165) is 30.6 Å². The fourth-order valence-corrected chi connectivity index (χ4v) is 5.15. The van der Waals surface area contributed by atoms with Crippen molar-refractivity contribution in [3.05, 3.63) is 77.1 Å². The van der Waals surface area contributed by atoms with Crippen LogP contribution >= 0.6 is 11.9 Å². The molecule has 0 aliphatic carbocycles. The number of benzene rings is 2. The molecule has 2 aliphatic heterocycles. The minimum absolute atomic E-state index is 0.102. The average molecular weight is 384 g/mol. The van der Waals surface area contributed by atoms with Crippen LogP contribution in [-0.2, 0) is 11.3 Å². The SMILES string of the molecule is C[C@H]1CC[C@H](c2ccccc2)SN1Cc1ccc(C2=CCOCC2)cc1F. The molecule has 2 aromatic carbocycles. The van der Waals surface area contributed by atoms with E-state index in [0.29, 0.717) is 24.4 Å². The molecule has 2 heterocycles. The van der Waals surface area contributed by atoms with Gasteiger partial charge in [-0.15, -0.1) is 0 Å². The maximum atomic E-state index is 14.8. The third kappa shape index (κ3) is 4.45. The second-order valence-corrected chi connectivity index (χ2v) is 8.62. The Balaban J connectivity index is 1.48. The van der Waals surface area contributed by atoms with Crippen molar-refractivity contribution in [2.75, 3.05) is 13.2 Å². The van der Waals surface area contributed by atoms with E-state index < -0.39 is 0 Å². The van der Waals surface area contributed by atoms with E-state index in [9.17, 15) is 4.39 Å². The van der Waals surface area contributed by atoms with Crippen LogP contribution in [0.15, 0.2) is 54.6 Å². The van der Waals surface area contributed by atoms with Crippen molar-refractivity contribution < 1.29 is 9.13 Å². The van der Waals surface area contributed by atoms with E-state index in [1.807, 2.05) is 18.0 Å². The predicted octanol–water partition coefficient (Wildman–Crippen LogP) is 6.00. The van der Waals surface area contributed by atoms with Gasteiger partial charge in [0.2, 0.25) is 0 Å². The molecule has 2 aromatic rings. The van der Waals surface area contributed by atoms with E-state index in [1.165, 1.54) is 17.6 Å². The Morgan fingerprint density at radius 1 is 1.15 bits per heavy atom. The molecule has 2 atom stereocenters. The number of ether oxygens (including phenoxy) is 1. The minimum Gasteiger partial charge on any atom is -0.377 e. The van der Waals surface area contributed by atoms with Gasteiger partial charge in [0.25, 0.3) is 0 Å². The van der Waals surface area contributed by atoms with E-state index in [2.05, 4.69) is 53.7 Å². The molecule has 2 aliphatic rings. The van der Waals surface area contributed by atoms with Gasteiger partial charge in [-0.2, -0.15) is 0 Å². The number of rotatable bonds is 4. The summed E-state index contributed by atoms with van der Waals surface area (Å²) in [5.74, 6) is -0.102. The van der Waals surface area contributed by atoms with Crippen molar-refractivity contribution in [1.29, 1.82) is 0 Å². The quantitative estimate of drug-likeness (QED) is 0.601. The first-order valence-corrected chi connectivity index (χ1v) is 10.6. The third-order valence-corrected chi connectivity index (χ3v) is 7.01. The summed E-state index contributed by atoms with van der Waals surface area (Å²) in [6.45, 7) is 4.23. The molecule has 2 nitrogen and oxygen atoms in total. The van der Waals surface area contributed by atoms with Crippen molar-refractivity contribution in [1.82, 2.24) is 4.31 Å². The molecular formula is C23H26FNOS. The summed E-state index contributed by atoms with van der Waals surface area (Å²) in [6, 6.07) is 16.8. The second kappa shape index (κ2) is 8.59. The Bertz CT molecular complexity index is 807. The van der Waals surface area contributed by atoms with Gasteiger partial charge in [-0.05, 0) is 49.0 Å². The van der Waals surface area contributed by atoms with Crippen LogP contribution in [0.1, 0.15) is 48.1 Å². The van der Waals surface area contributed by atoms with E-state index >= 15 is 0 Å². The fourth-order valence-electron chi connectivity index (χ4n) is 3.78. The van der Waals surface area contributed by atoms with Gasteiger partial charge < -0.3 is 4.74 Å². The lowest BCUT2D eigenvalue weighted by atomic mass is 9.99. The molecule has 0 radical (unpaired) electrons. The highest BCUT2D eigenvalue weighted by molar-refractivity contribution is 7.97. The average Bonchev–Trinajstić information content (AvgIpc) is 2.72. The Hall–Kier alpha value is -1.62. The van der Waals surface area contributed by atoms with Crippen molar-refractivity contribution in [3.63, 3.8) is 0 Å². The van der Waals surface area contributed by atoms with Gasteiger partial charge in [0.1, 0.15) is 5.82 Å². The summed E-state index contributed by atoms with van der Waals surface area (Å²) in [5.41, 5.74) is 4.32. The Kier molecular flexibility index (Phi) is 5.96. The van der Waals surface area contributed by atoms with E-state index in [1.54, 1.807) is 6.07 Å². The van der Waals surface area contributed by atoms with Gasteiger partial charge in [0.05, 0.1) is 13.2 Å². The molecule has 0 aromatic heterocycles. The van der Waals surface area contributed by atoms with Crippen LogP contribution in [-0.4, -0.2) is 23.6 Å². The Labute approximate surface area is 165 Å². The fraction of sp³-hybridized carbons (Fsp3) is 0.391. The van der Waals surface area contributed by atoms with Crippen LogP contribution in [0.5, 0.6) is 0 Å². The molecule has 0 saturated carbocycles. The summed E-state index contributed by atoms with van der Waals surface area (Å²) in [7, 11) is 0. The first-order valence-electron chi connectivity index (χ1n) is 9.74. The molecule has 4 heteroatoms. The normalized spacial score (nSPS) is 23.9. The van der Waals surface area contributed by atoms with E-state index in [4.69, 9.17) is 4.74 Å². The molecule has 0 spiro atoms. The first kappa shape index (κ1) is 18.7. The second-order valence-electron chi connectivity index (χ2n) is 7.37.